The summed E-state index contributed by atoms with van der Waals surface area (Å²) < 4.78 is 11.1. The standard InChI is InChI=1S/C15H25NO2/c1-11(16)13-7-6-12(17-5)10-14(13)18-9-8-15(2,3)4/h6-7,10-11H,8-9,16H2,1-5H3/t11-/m0/s1. The fraction of sp³-hybridized carbons (Fsp3) is 0.600. The maximum Gasteiger partial charge on any atom is 0.127 e. The van der Waals surface area contributed by atoms with E-state index in [1.807, 2.05) is 25.1 Å². The van der Waals surface area contributed by atoms with E-state index in [9.17, 15) is 0 Å². The first kappa shape index (κ1) is 14.8. The van der Waals surface area contributed by atoms with E-state index in [0.29, 0.717) is 6.61 Å². The molecule has 2 N–H and O–H groups in total. The molecule has 0 aliphatic heterocycles. The highest BCUT2D eigenvalue weighted by atomic mass is 16.5. The monoisotopic (exact) mass is 251 g/mol. The number of hydrogen-bond acceptors (Lipinski definition) is 3. The van der Waals surface area contributed by atoms with E-state index in [-0.39, 0.29) is 11.5 Å². The molecule has 0 unspecified atom stereocenters. The van der Waals surface area contributed by atoms with E-state index < -0.39 is 0 Å². The van der Waals surface area contributed by atoms with E-state index in [2.05, 4.69) is 20.8 Å². The van der Waals surface area contributed by atoms with E-state index in [4.69, 9.17) is 15.2 Å². The highest BCUT2D eigenvalue weighted by Gasteiger charge is 2.13. The van der Waals surface area contributed by atoms with E-state index in [0.717, 1.165) is 23.5 Å². The van der Waals surface area contributed by atoms with Crippen LogP contribution >= 0.6 is 0 Å². The van der Waals surface area contributed by atoms with Gasteiger partial charge in [0.15, 0.2) is 0 Å². The number of rotatable bonds is 5. The highest BCUT2D eigenvalue weighted by molar-refractivity contribution is 5.42. The third kappa shape index (κ3) is 4.57. The fourth-order valence-electron chi connectivity index (χ4n) is 1.61. The molecule has 0 aliphatic rings. The van der Waals surface area contributed by atoms with E-state index >= 15 is 0 Å². The third-order valence-electron chi connectivity index (χ3n) is 2.82. The van der Waals surface area contributed by atoms with E-state index in [1.54, 1.807) is 7.11 Å². The second kappa shape index (κ2) is 6.10. The van der Waals surface area contributed by atoms with Crippen molar-refractivity contribution in [1.29, 1.82) is 0 Å². The molecule has 0 heterocycles. The Balaban J connectivity index is 2.78. The smallest absolute Gasteiger partial charge is 0.127 e. The zero-order chi connectivity index (χ0) is 13.8. The van der Waals surface area contributed by atoms with Crippen molar-refractivity contribution in [3.05, 3.63) is 23.8 Å². The number of ether oxygens (including phenoxy) is 2. The number of nitrogens with two attached hydrogens (primary N) is 1. The number of hydrogen-bond donors (Lipinski definition) is 1. The average molecular weight is 251 g/mol. The van der Waals surface area contributed by atoms with Crippen molar-refractivity contribution < 1.29 is 9.47 Å². The predicted molar refractivity (Wildman–Crippen MR) is 75.2 cm³/mol. The Morgan fingerprint density at radius 3 is 2.44 bits per heavy atom. The lowest BCUT2D eigenvalue weighted by molar-refractivity contribution is 0.240. The first-order valence-electron chi connectivity index (χ1n) is 6.40. The van der Waals surface area contributed by atoms with Crippen LogP contribution in [-0.2, 0) is 0 Å². The highest BCUT2D eigenvalue weighted by Crippen LogP contribution is 2.29. The van der Waals surface area contributed by atoms with Gasteiger partial charge in [0.1, 0.15) is 11.5 Å². The molecule has 1 atom stereocenters. The van der Waals surface area contributed by atoms with Gasteiger partial charge in [-0.15, -0.1) is 0 Å². The number of methoxy groups -OCH3 is 1. The quantitative estimate of drug-likeness (QED) is 0.870. The lowest BCUT2D eigenvalue weighted by Gasteiger charge is -2.20. The van der Waals surface area contributed by atoms with Crippen molar-refractivity contribution in [2.45, 2.75) is 40.2 Å². The molecule has 0 spiro atoms. The molecule has 1 aromatic rings. The molecule has 0 aromatic heterocycles. The second-order valence-corrected chi connectivity index (χ2v) is 5.85. The molecule has 0 saturated heterocycles. The summed E-state index contributed by atoms with van der Waals surface area (Å²) in [5.41, 5.74) is 7.23. The van der Waals surface area contributed by atoms with Crippen LogP contribution in [0.4, 0.5) is 0 Å². The average Bonchev–Trinajstić information content (AvgIpc) is 2.26. The molecule has 0 amide bonds. The van der Waals surface area contributed by atoms with Gasteiger partial charge in [-0.2, -0.15) is 0 Å². The Labute approximate surface area is 110 Å². The molecule has 1 rings (SSSR count). The van der Waals surface area contributed by atoms with Crippen molar-refractivity contribution in [2.24, 2.45) is 11.1 Å². The van der Waals surface area contributed by atoms with Gasteiger partial charge in [-0.1, -0.05) is 26.8 Å². The minimum absolute atomic E-state index is 0.0412. The first-order valence-corrected chi connectivity index (χ1v) is 6.40. The SMILES string of the molecule is COc1ccc([C@H](C)N)c(OCCC(C)(C)C)c1. The van der Waals surface area contributed by atoms with Crippen molar-refractivity contribution in [2.75, 3.05) is 13.7 Å². The Hall–Kier alpha value is -1.22. The topological polar surface area (TPSA) is 44.5 Å². The Morgan fingerprint density at radius 2 is 1.94 bits per heavy atom. The molecule has 102 valence electrons. The molecule has 0 fully saturated rings. The molecule has 0 saturated carbocycles. The summed E-state index contributed by atoms with van der Waals surface area (Å²) in [4.78, 5) is 0. The van der Waals surface area contributed by atoms with Crippen LogP contribution in [0.1, 0.15) is 45.7 Å². The van der Waals surface area contributed by atoms with Crippen LogP contribution in [0.25, 0.3) is 0 Å². The summed E-state index contributed by atoms with van der Waals surface area (Å²) in [7, 11) is 1.65. The van der Waals surface area contributed by atoms with Crippen LogP contribution in [0.2, 0.25) is 0 Å². The van der Waals surface area contributed by atoms with Gasteiger partial charge in [0, 0.05) is 17.7 Å². The van der Waals surface area contributed by atoms with Gasteiger partial charge >= 0.3 is 0 Å². The molecular weight excluding hydrogens is 226 g/mol. The minimum Gasteiger partial charge on any atom is -0.497 e. The van der Waals surface area contributed by atoms with Gasteiger partial charge in [-0.25, -0.2) is 0 Å². The van der Waals surface area contributed by atoms with Crippen LogP contribution in [0.5, 0.6) is 11.5 Å². The zero-order valence-corrected chi connectivity index (χ0v) is 12.1. The van der Waals surface area contributed by atoms with Gasteiger partial charge in [-0.3, -0.25) is 0 Å². The van der Waals surface area contributed by atoms with Gasteiger partial charge in [0.25, 0.3) is 0 Å². The van der Waals surface area contributed by atoms with Crippen LogP contribution in [-0.4, -0.2) is 13.7 Å². The maximum absolute atomic E-state index is 5.94. The van der Waals surface area contributed by atoms with Crippen molar-refractivity contribution in [3.63, 3.8) is 0 Å². The summed E-state index contributed by atoms with van der Waals surface area (Å²) in [5, 5.41) is 0. The largest absolute Gasteiger partial charge is 0.497 e. The summed E-state index contributed by atoms with van der Waals surface area (Å²) in [6.45, 7) is 9.26. The van der Waals surface area contributed by atoms with Crippen LogP contribution in [0, 0.1) is 5.41 Å². The summed E-state index contributed by atoms with van der Waals surface area (Å²) in [6.07, 6.45) is 1.00. The van der Waals surface area contributed by atoms with Crippen LogP contribution in [0.3, 0.4) is 0 Å². The molecule has 3 nitrogen and oxygen atoms in total. The number of benzene rings is 1. The Kier molecular flexibility index (Phi) is 5.03. The molecule has 0 aliphatic carbocycles. The molecule has 0 radical (unpaired) electrons. The molecule has 3 heteroatoms. The molecule has 1 aromatic carbocycles. The molecular formula is C15H25NO2. The lowest BCUT2D eigenvalue weighted by Crippen LogP contribution is -2.13. The van der Waals surface area contributed by atoms with Gasteiger partial charge in [0.2, 0.25) is 0 Å². The Bertz CT molecular complexity index is 381. The summed E-state index contributed by atoms with van der Waals surface area (Å²) in [6, 6.07) is 5.74. The minimum atomic E-state index is -0.0412. The normalized spacial score (nSPS) is 13.2. The Morgan fingerprint density at radius 1 is 1.28 bits per heavy atom. The zero-order valence-electron chi connectivity index (χ0n) is 12.1. The molecule has 0 bridgehead atoms. The van der Waals surface area contributed by atoms with Gasteiger partial charge < -0.3 is 15.2 Å². The lowest BCUT2D eigenvalue weighted by atomic mass is 9.93. The van der Waals surface area contributed by atoms with E-state index in [1.165, 1.54) is 0 Å². The van der Waals surface area contributed by atoms with Crippen molar-refractivity contribution >= 4 is 0 Å². The summed E-state index contributed by atoms with van der Waals surface area (Å²) >= 11 is 0. The van der Waals surface area contributed by atoms with Crippen molar-refractivity contribution in [3.8, 4) is 11.5 Å². The predicted octanol–water partition coefficient (Wildman–Crippen LogP) is 3.53. The first-order chi connectivity index (χ1) is 8.33. The van der Waals surface area contributed by atoms with Gasteiger partial charge in [0.05, 0.1) is 13.7 Å². The van der Waals surface area contributed by atoms with Crippen LogP contribution in [0.15, 0.2) is 18.2 Å². The van der Waals surface area contributed by atoms with Crippen LogP contribution < -0.4 is 15.2 Å². The van der Waals surface area contributed by atoms with Crippen molar-refractivity contribution in [1.82, 2.24) is 0 Å². The fourth-order valence-corrected chi connectivity index (χ4v) is 1.61. The second-order valence-electron chi connectivity index (χ2n) is 5.85. The van der Waals surface area contributed by atoms with Gasteiger partial charge in [-0.05, 0) is 24.8 Å². The summed E-state index contributed by atoms with van der Waals surface area (Å²) in [5.74, 6) is 1.62. The molecule has 18 heavy (non-hydrogen) atoms. The maximum atomic E-state index is 5.94. The third-order valence-corrected chi connectivity index (χ3v) is 2.82.